The molecule has 0 aliphatic heterocycles. The number of alkyl halides is 3. The largest absolute Gasteiger partial charge is 0.419 e. The Bertz CT molecular complexity index is 485. The summed E-state index contributed by atoms with van der Waals surface area (Å²) in [6.07, 6.45) is -4.66. The normalized spacial score (nSPS) is 11.8. The van der Waals surface area contributed by atoms with Crippen LogP contribution in [0.2, 0.25) is 0 Å². The molecular weight excluding hydrogens is 240 g/mol. The topological polar surface area (TPSA) is 0 Å². The fraction of sp³-hybridized carbons (Fsp3) is 0.0909. The van der Waals surface area contributed by atoms with Crippen molar-refractivity contribution >= 4 is 11.3 Å². The number of hydrogen-bond donors (Lipinski definition) is 0. The summed E-state index contributed by atoms with van der Waals surface area (Å²) in [6, 6.07) is 6.45. The molecule has 0 radical (unpaired) electrons. The van der Waals surface area contributed by atoms with Crippen LogP contribution in [0.3, 0.4) is 0 Å². The van der Waals surface area contributed by atoms with Gasteiger partial charge in [0.25, 0.3) is 0 Å². The molecule has 0 amide bonds. The highest BCUT2D eigenvalue weighted by molar-refractivity contribution is 7.13. The van der Waals surface area contributed by atoms with Crippen LogP contribution in [0.5, 0.6) is 0 Å². The van der Waals surface area contributed by atoms with Crippen LogP contribution in [0.1, 0.15) is 5.56 Å². The fourth-order valence-electron chi connectivity index (χ4n) is 1.34. The molecule has 16 heavy (non-hydrogen) atoms. The van der Waals surface area contributed by atoms with E-state index in [4.69, 9.17) is 0 Å². The van der Waals surface area contributed by atoms with Crippen molar-refractivity contribution < 1.29 is 17.6 Å². The molecule has 0 saturated carbocycles. The van der Waals surface area contributed by atoms with Crippen molar-refractivity contribution in [3.8, 4) is 10.4 Å². The van der Waals surface area contributed by atoms with Crippen LogP contribution < -0.4 is 0 Å². The smallest absolute Gasteiger partial charge is 0.206 e. The third-order valence-corrected chi connectivity index (χ3v) is 3.00. The number of rotatable bonds is 1. The maximum Gasteiger partial charge on any atom is 0.419 e. The van der Waals surface area contributed by atoms with Gasteiger partial charge in [0, 0.05) is 4.88 Å². The molecule has 0 atom stereocenters. The fourth-order valence-corrected chi connectivity index (χ4v) is 2.06. The van der Waals surface area contributed by atoms with E-state index in [-0.39, 0.29) is 0 Å². The molecule has 0 fully saturated rings. The van der Waals surface area contributed by atoms with E-state index in [1.165, 1.54) is 17.4 Å². The third kappa shape index (κ3) is 2.09. The van der Waals surface area contributed by atoms with E-state index < -0.39 is 17.6 Å². The van der Waals surface area contributed by atoms with Crippen LogP contribution in [0.15, 0.2) is 35.7 Å². The second-order valence-corrected chi connectivity index (χ2v) is 4.12. The molecule has 1 heterocycles. The van der Waals surface area contributed by atoms with E-state index in [0.717, 1.165) is 12.1 Å². The highest BCUT2D eigenvalue weighted by Gasteiger charge is 2.34. The first kappa shape index (κ1) is 11.1. The van der Waals surface area contributed by atoms with Crippen molar-refractivity contribution in [3.05, 3.63) is 47.1 Å². The summed E-state index contributed by atoms with van der Waals surface area (Å²) in [6.45, 7) is 0. The Morgan fingerprint density at radius 3 is 2.38 bits per heavy atom. The second kappa shape index (κ2) is 3.90. The summed E-state index contributed by atoms with van der Waals surface area (Å²) in [5, 5.41) is 1.76. The molecule has 0 spiro atoms. The SMILES string of the molecule is Fc1ccc(-c2cccs2)cc1C(F)(F)F. The van der Waals surface area contributed by atoms with Gasteiger partial charge in [0.2, 0.25) is 0 Å². The summed E-state index contributed by atoms with van der Waals surface area (Å²) in [4.78, 5) is 0.686. The minimum atomic E-state index is -4.66. The first-order chi connectivity index (χ1) is 7.48. The van der Waals surface area contributed by atoms with Crippen LogP contribution in [-0.2, 0) is 6.18 Å². The van der Waals surface area contributed by atoms with E-state index in [2.05, 4.69) is 0 Å². The van der Waals surface area contributed by atoms with Gasteiger partial charge in [-0.15, -0.1) is 11.3 Å². The van der Waals surface area contributed by atoms with Gasteiger partial charge in [0.1, 0.15) is 5.82 Å². The van der Waals surface area contributed by atoms with Crippen molar-refractivity contribution in [2.45, 2.75) is 6.18 Å². The average molecular weight is 246 g/mol. The lowest BCUT2D eigenvalue weighted by atomic mass is 10.1. The lowest BCUT2D eigenvalue weighted by Gasteiger charge is -2.09. The van der Waals surface area contributed by atoms with E-state index in [1.54, 1.807) is 17.5 Å². The molecule has 0 aliphatic carbocycles. The number of benzene rings is 1. The molecule has 0 unspecified atom stereocenters. The molecule has 1 aromatic carbocycles. The monoisotopic (exact) mass is 246 g/mol. The summed E-state index contributed by atoms with van der Waals surface area (Å²) in [7, 11) is 0. The molecule has 0 N–H and O–H groups in total. The Morgan fingerprint density at radius 1 is 1.06 bits per heavy atom. The molecule has 0 saturated heterocycles. The number of hydrogen-bond acceptors (Lipinski definition) is 1. The van der Waals surface area contributed by atoms with Gasteiger partial charge in [-0.3, -0.25) is 0 Å². The highest BCUT2D eigenvalue weighted by Crippen LogP contribution is 2.35. The van der Waals surface area contributed by atoms with Crippen LogP contribution in [-0.4, -0.2) is 0 Å². The van der Waals surface area contributed by atoms with E-state index >= 15 is 0 Å². The molecule has 1 aromatic heterocycles. The summed E-state index contributed by atoms with van der Waals surface area (Å²) in [5.41, 5.74) is -0.845. The maximum atomic E-state index is 13.0. The minimum Gasteiger partial charge on any atom is -0.206 e. The zero-order valence-corrected chi connectivity index (χ0v) is 8.70. The molecule has 2 rings (SSSR count). The first-order valence-corrected chi connectivity index (χ1v) is 5.27. The van der Waals surface area contributed by atoms with Gasteiger partial charge >= 0.3 is 6.18 Å². The first-order valence-electron chi connectivity index (χ1n) is 4.39. The highest BCUT2D eigenvalue weighted by atomic mass is 32.1. The van der Waals surface area contributed by atoms with E-state index in [1.807, 2.05) is 0 Å². The van der Waals surface area contributed by atoms with E-state index in [9.17, 15) is 17.6 Å². The summed E-state index contributed by atoms with van der Waals surface area (Å²) in [5.74, 6) is -1.24. The Labute approximate surface area is 93.2 Å². The third-order valence-electron chi connectivity index (χ3n) is 2.08. The molecule has 0 aliphatic rings. The lowest BCUT2D eigenvalue weighted by molar-refractivity contribution is -0.139. The van der Waals surface area contributed by atoms with E-state index in [0.29, 0.717) is 10.4 Å². The second-order valence-electron chi connectivity index (χ2n) is 3.17. The number of halogens is 4. The van der Waals surface area contributed by atoms with Gasteiger partial charge in [0.05, 0.1) is 5.56 Å². The quantitative estimate of drug-likeness (QED) is 0.646. The Kier molecular flexibility index (Phi) is 2.71. The Morgan fingerprint density at radius 2 is 1.81 bits per heavy atom. The maximum absolute atomic E-state index is 13.0. The average Bonchev–Trinajstić information content (AvgIpc) is 2.69. The minimum absolute atomic E-state index is 0.378. The van der Waals surface area contributed by atoms with Gasteiger partial charge < -0.3 is 0 Å². The van der Waals surface area contributed by atoms with Crippen molar-refractivity contribution in [2.75, 3.05) is 0 Å². The molecule has 0 bridgehead atoms. The van der Waals surface area contributed by atoms with Crippen molar-refractivity contribution in [2.24, 2.45) is 0 Å². The lowest BCUT2D eigenvalue weighted by Crippen LogP contribution is -2.07. The molecule has 5 heteroatoms. The van der Waals surface area contributed by atoms with Crippen LogP contribution in [0, 0.1) is 5.82 Å². The van der Waals surface area contributed by atoms with Crippen LogP contribution in [0.25, 0.3) is 10.4 Å². The Balaban J connectivity index is 2.52. The van der Waals surface area contributed by atoms with Crippen molar-refractivity contribution in [3.63, 3.8) is 0 Å². The summed E-state index contributed by atoms with van der Waals surface area (Å²) >= 11 is 1.31. The van der Waals surface area contributed by atoms with Crippen molar-refractivity contribution in [1.29, 1.82) is 0 Å². The number of thiophene rings is 1. The molecule has 0 nitrogen and oxygen atoms in total. The zero-order chi connectivity index (χ0) is 11.8. The molecule has 2 aromatic rings. The van der Waals surface area contributed by atoms with Crippen LogP contribution >= 0.6 is 11.3 Å². The van der Waals surface area contributed by atoms with Gasteiger partial charge in [-0.05, 0) is 29.1 Å². The van der Waals surface area contributed by atoms with Crippen molar-refractivity contribution in [1.82, 2.24) is 0 Å². The molecule has 84 valence electrons. The Hall–Kier alpha value is -1.36. The van der Waals surface area contributed by atoms with Gasteiger partial charge in [0.15, 0.2) is 0 Å². The van der Waals surface area contributed by atoms with Gasteiger partial charge in [-0.1, -0.05) is 12.1 Å². The summed E-state index contributed by atoms with van der Waals surface area (Å²) < 4.78 is 50.3. The predicted octanol–water partition coefficient (Wildman–Crippen LogP) is 4.57. The predicted molar refractivity (Wildman–Crippen MR) is 54.7 cm³/mol. The van der Waals surface area contributed by atoms with Gasteiger partial charge in [-0.2, -0.15) is 13.2 Å². The van der Waals surface area contributed by atoms with Crippen LogP contribution in [0.4, 0.5) is 17.6 Å². The standard InChI is InChI=1S/C11H6F4S/c12-9-4-3-7(10-2-1-5-16-10)6-8(9)11(13,14)15/h1-6H. The van der Waals surface area contributed by atoms with Gasteiger partial charge in [-0.25, -0.2) is 4.39 Å². The zero-order valence-electron chi connectivity index (χ0n) is 7.88. The molecular formula is C11H6F4S.